The second kappa shape index (κ2) is 6.16. The van der Waals surface area contributed by atoms with Crippen LogP contribution in [-0.2, 0) is 11.2 Å². The summed E-state index contributed by atoms with van der Waals surface area (Å²) >= 11 is 5.97. The van der Waals surface area contributed by atoms with Gasteiger partial charge in [-0.1, -0.05) is 29.8 Å². The Morgan fingerprint density at radius 2 is 2.00 bits per heavy atom. The Kier molecular flexibility index (Phi) is 4.32. The van der Waals surface area contributed by atoms with Crippen molar-refractivity contribution in [3.8, 4) is 0 Å². The molecule has 2 rings (SSSR count). The van der Waals surface area contributed by atoms with Gasteiger partial charge in [-0.15, -0.1) is 0 Å². The molecular weight excluding hydrogens is 280 g/mol. The number of rotatable bonds is 4. The quantitative estimate of drug-likeness (QED) is 0.907. The summed E-state index contributed by atoms with van der Waals surface area (Å²) in [6.07, 6.45) is 1.44. The predicted molar refractivity (Wildman–Crippen MR) is 75.0 cm³/mol. The van der Waals surface area contributed by atoms with E-state index in [1.807, 2.05) is 0 Å². The van der Waals surface area contributed by atoms with Gasteiger partial charge >= 0.3 is 5.97 Å². The van der Waals surface area contributed by atoms with Gasteiger partial charge in [-0.3, -0.25) is 4.79 Å². The van der Waals surface area contributed by atoms with Crippen LogP contribution >= 0.6 is 11.6 Å². The van der Waals surface area contributed by atoms with Gasteiger partial charge < -0.3 is 10.4 Å². The Labute approximate surface area is 120 Å². The van der Waals surface area contributed by atoms with Crippen LogP contribution in [0.3, 0.4) is 0 Å². The Morgan fingerprint density at radius 1 is 1.25 bits per heavy atom. The number of carboxylic acid groups (broad SMARTS) is 1. The van der Waals surface area contributed by atoms with Crippen molar-refractivity contribution >= 4 is 29.2 Å². The molecule has 0 saturated carbocycles. The van der Waals surface area contributed by atoms with Gasteiger partial charge in [0.2, 0.25) is 5.91 Å². The number of aromatic carboxylic acids is 1. The third-order valence-corrected chi connectivity index (χ3v) is 2.94. The second-order valence-electron chi connectivity index (χ2n) is 4.05. The highest BCUT2D eigenvalue weighted by Crippen LogP contribution is 2.16. The van der Waals surface area contributed by atoms with Crippen LogP contribution in [0.25, 0.3) is 0 Å². The molecule has 1 aromatic carbocycles. The van der Waals surface area contributed by atoms with Crippen molar-refractivity contribution in [2.24, 2.45) is 0 Å². The average molecular weight is 291 g/mol. The smallest absolute Gasteiger partial charge is 0.354 e. The summed E-state index contributed by atoms with van der Waals surface area (Å²) in [5.74, 6) is -1.42. The molecule has 0 atom stereocenters. The number of hydrogen-bond donors (Lipinski definition) is 2. The predicted octanol–water partition coefficient (Wildman–Crippen LogP) is 2.61. The van der Waals surface area contributed by atoms with Gasteiger partial charge in [0.25, 0.3) is 0 Å². The highest BCUT2D eigenvalue weighted by Gasteiger charge is 2.09. The molecule has 0 aliphatic heterocycles. The third-order valence-electron chi connectivity index (χ3n) is 2.57. The summed E-state index contributed by atoms with van der Waals surface area (Å²) in [4.78, 5) is 26.3. The lowest BCUT2D eigenvalue weighted by molar-refractivity contribution is -0.115. The van der Waals surface area contributed by atoms with Gasteiger partial charge in [-0.25, -0.2) is 9.78 Å². The SMILES string of the molecule is O=C(Cc1ccccc1Cl)Nc1ccnc(C(=O)O)c1. The number of nitrogens with one attached hydrogen (secondary N) is 1. The van der Waals surface area contributed by atoms with E-state index >= 15 is 0 Å². The van der Waals surface area contributed by atoms with E-state index in [-0.39, 0.29) is 18.0 Å². The van der Waals surface area contributed by atoms with Crippen LogP contribution in [0.2, 0.25) is 5.02 Å². The van der Waals surface area contributed by atoms with E-state index in [1.165, 1.54) is 18.3 Å². The summed E-state index contributed by atoms with van der Waals surface area (Å²) in [5.41, 5.74) is 0.967. The van der Waals surface area contributed by atoms with Crippen molar-refractivity contribution in [1.82, 2.24) is 4.98 Å². The first-order valence-corrected chi connectivity index (χ1v) is 6.16. The lowest BCUT2D eigenvalue weighted by atomic mass is 10.1. The molecule has 0 aliphatic carbocycles. The summed E-state index contributed by atoms with van der Waals surface area (Å²) in [5, 5.41) is 12.0. The van der Waals surface area contributed by atoms with Crippen LogP contribution in [0, 0.1) is 0 Å². The fourth-order valence-corrected chi connectivity index (χ4v) is 1.85. The molecule has 0 saturated heterocycles. The van der Waals surface area contributed by atoms with Crippen LogP contribution in [0.15, 0.2) is 42.6 Å². The fraction of sp³-hybridized carbons (Fsp3) is 0.0714. The molecule has 1 heterocycles. The number of carbonyl (C=O) groups excluding carboxylic acids is 1. The first kappa shape index (κ1) is 14.0. The standard InChI is InChI=1S/C14H11ClN2O3/c15-11-4-2-1-3-9(11)7-13(18)17-10-5-6-16-12(8-10)14(19)20/h1-6,8H,7H2,(H,19,20)(H,16,17,18). The minimum absolute atomic E-state index is 0.115. The normalized spacial score (nSPS) is 10.1. The van der Waals surface area contributed by atoms with Gasteiger partial charge in [0, 0.05) is 16.9 Å². The molecule has 1 aromatic heterocycles. The number of nitrogens with zero attached hydrogens (tertiary/aromatic N) is 1. The molecule has 0 fully saturated rings. The zero-order valence-electron chi connectivity index (χ0n) is 10.3. The van der Waals surface area contributed by atoms with E-state index in [2.05, 4.69) is 10.3 Å². The fourth-order valence-electron chi connectivity index (χ4n) is 1.65. The number of aromatic nitrogens is 1. The maximum absolute atomic E-state index is 11.9. The lowest BCUT2D eigenvalue weighted by Gasteiger charge is -2.06. The van der Waals surface area contributed by atoms with Gasteiger partial charge in [0.05, 0.1) is 6.42 Å². The van der Waals surface area contributed by atoms with E-state index in [0.717, 1.165) is 0 Å². The molecule has 2 N–H and O–H groups in total. The maximum atomic E-state index is 11.9. The summed E-state index contributed by atoms with van der Waals surface area (Å²) in [6.45, 7) is 0. The monoisotopic (exact) mass is 290 g/mol. The Morgan fingerprint density at radius 3 is 2.70 bits per heavy atom. The number of benzene rings is 1. The number of carbonyl (C=O) groups is 2. The van der Waals surface area contributed by atoms with Crippen LogP contribution < -0.4 is 5.32 Å². The van der Waals surface area contributed by atoms with Crippen molar-refractivity contribution in [2.75, 3.05) is 5.32 Å². The molecule has 0 unspecified atom stereocenters. The van der Waals surface area contributed by atoms with Gasteiger partial charge in [0.15, 0.2) is 0 Å². The van der Waals surface area contributed by atoms with E-state index in [1.54, 1.807) is 24.3 Å². The molecule has 20 heavy (non-hydrogen) atoms. The highest BCUT2D eigenvalue weighted by molar-refractivity contribution is 6.31. The molecule has 0 bridgehead atoms. The molecule has 5 nitrogen and oxygen atoms in total. The van der Waals surface area contributed by atoms with Crippen LogP contribution in [0.1, 0.15) is 16.1 Å². The van der Waals surface area contributed by atoms with Crippen molar-refractivity contribution in [3.05, 3.63) is 58.9 Å². The van der Waals surface area contributed by atoms with Crippen LogP contribution in [0.5, 0.6) is 0 Å². The van der Waals surface area contributed by atoms with Gasteiger partial charge in [0.1, 0.15) is 5.69 Å². The largest absolute Gasteiger partial charge is 0.477 e. The first-order chi connectivity index (χ1) is 9.56. The molecular formula is C14H11ClN2O3. The minimum atomic E-state index is -1.15. The molecule has 6 heteroatoms. The van der Waals surface area contributed by atoms with Crippen molar-refractivity contribution in [3.63, 3.8) is 0 Å². The Hall–Kier alpha value is -2.40. The summed E-state index contributed by atoms with van der Waals surface area (Å²) in [7, 11) is 0. The molecule has 0 aliphatic rings. The van der Waals surface area contributed by atoms with E-state index in [0.29, 0.717) is 16.3 Å². The zero-order valence-corrected chi connectivity index (χ0v) is 11.1. The minimum Gasteiger partial charge on any atom is -0.477 e. The third kappa shape index (κ3) is 3.55. The van der Waals surface area contributed by atoms with Crippen molar-refractivity contribution < 1.29 is 14.7 Å². The van der Waals surface area contributed by atoms with E-state index in [9.17, 15) is 9.59 Å². The number of halogens is 1. The summed E-state index contributed by atoms with van der Waals surface area (Å²) < 4.78 is 0. The van der Waals surface area contributed by atoms with E-state index in [4.69, 9.17) is 16.7 Å². The number of carboxylic acids is 1. The van der Waals surface area contributed by atoms with Crippen LogP contribution in [0.4, 0.5) is 5.69 Å². The summed E-state index contributed by atoms with van der Waals surface area (Å²) in [6, 6.07) is 9.87. The Balaban J connectivity index is 2.07. The highest BCUT2D eigenvalue weighted by atomic mass is 35.5. The molecule has 1 amide bonds. The number of hydrogen-bond acceptors (Lipinski definition) is 3. The van der Waals surface area contributed by atoms with Crippen molar-refractivity contribution in [1.29, 1.82) is 0 Å². The first-order valence-electron chi connectivity index (χ1n) is 5.79. The van der Waals surface area contributed by atoms with Gasteiger partial charge in [-0.05, 0) is 23.8 Å². The number of amides is 1. The maximum Gasteiger partial charge on any atom is 0.354 e. The topological polar surface area (TPSA) is 79.3 Å². The second-order valence-corrected chi connectivity index (χ2v) is 4.46. The molecule has 2 aromatic rings. The Bertz CT molecular complexity index is 658. The number of anilines is 1. The lowest BCUT2D eigenvalue weighted by Crippen LogP contribution is -2.15. The average Bonchev–Trinajstić information content (AvgIpc) is 2.41. The zero-order chi connectivity index (χ0) is 14.5. The van der Waals surface area contributed by atoms with Crippen molar-refractivity contribution in [2.45, 2.75) is 6.42 Å². The molecule has 0 radical (unpaired) electrons. The van der Waals surface area contributed by atoms with Crippen LogP contribution in [-0.4, -0.2) is 22.0 Å². The molecule has 102 valence electrons. The van der Waals surface area contributed by atoms with Gasteiger partial charge in [-0.2, -0.15) is 0 Å². The number of pyridine rings is 1. The van der Waals surface area contributed by atoms with E-state index < -0.39 is 5.97 Å². The molecule has 0 spiro atoms.